The van der Waals surface area contributed by atoms with E-state index in [1.54, 1.807) is 6.07 Å². The second-order valence-electron chi connectivity index (χ2n) is 8.95. The minimum Gasteiger partial charge on any atom is -0.345 e. The first kappa shape index (κ1) is 23.4. The lowest BCUT2D eigenvalue weighted by Crippen LogP contribution is -2.26. The van der Waals surface area contributed by atoms with Crippen LogP contribution < -0.4 is 10.6 Å². The molecule has 4 rings (SSSR count). The molecular formula is C23H22F3N5O3. The molecule has 0 bridgehead atoms. The highest BCUT2D eigenvalue weighted by atomic mass is 19.4. The van der Waals surface area contributed by atoms with Crippen LogP contribution in [0.2, 0.25) is 0 Å². The van der Waals surface area contributed by atoms with Crippen LogP contribution in [0.5, 0.6) is 0 Å². The van der Waals surface area contributed by atoms with Gasteiger partial charge in [0, 0.05) is 36.6 Å². The Morgan fingerprint density at radius 2 is 1.94 bits per heavy atom. The molecule has 2 amide bonds. The number of nitrogens with one attached hydrogen (secondary N) is 2. The standard InChI is InChI=1S/C23H22F3N5O3/c1-22(2,3)21-30-19(31-34-21)20(33)28-11-13-5-4-12(10-15(13)23(24,25)26)14-8-9-27-16-6-7-17(32)29-18(14)16/h4-5,8-10H,6-7,11H2,1-3H3,(H,28,33)(H,29,32). The Morgan fingerprint density at radius 3 is 2.62 bits per heavy atom. The molecule has 0 saturated carbocycles. The minimum absolute atomic E-state index is 0.129. The molecule has 178 valence electrons. The Hall–Kier alpha value is -3.76. The van der Waals surface area contributed by atoms with Crippen LogP contribution in [0.25, 0.3) is 11.1 Å². The van der Waals surface area contributed by atoms with E-state index in [-0.39, 0.29) is 35.2 Å². The first-order valence-electron chi connectivity index (χ1n) is 10.5. The van der Waals surface area contributed by atoms with E-state index in [1.807, 2.05) is 20.8 Å². The normalized spacial score (nSPS) is 13.9. The third-order valence-electron chi connectivity index (χ3n) is 5.32. The summed E-state index contributed by atoms with van der Waals surface area (Å²) in [6.07, 6.45) is -2.48. The van der Waals surface area contributed by atoms with Crippen LogP contribution in [0.3, 0.4) is 0 Å². The molecular weight excluding hydrogens is 451 g/mol. The molecule has 0 saturated heterocycles. The van der Waals surface area contributed by atoms with Gasteiger partial charge >= 0.3 is 6.18 Å². The largest absolute Gasteiger partial charge is 0.416 e. The minimum atomic E-state index is -4.67. The zero-order valence-electron chi connectivity index (χ0n) is 18.7. The highest BCUT2D eigenvalue weighted by molar-refractivity contribution is 5.98. The number of aryl methyl sites for hydroxylation is 1. The summed E-state index contributed by atoms with van der Waals surface area (Å²) in [5.41, 5.74) is 0.252. The van der Waals surface area contributed by atoms with Crippen molar-refractivity contribution in [1.82, 2.24) is 20.4 Å². The average molecular weight is 473 g/mol. The summed E-state index contributed by atoms with van der Waals surface area (Å²) in [4.78, 5) is 32.4. The Kier molecular flexibility index (Phi) is 5.88. The van der Waals surface area contributed by atoms with Gasteiger partial charge in [0.05, 0.1) is 16.9 Å². The van der Waals surface area contributed by atoms with E-state index in [0.717, 1.165) is 6.07 Å². The molecule has 2 N–H and O–H groups in total. The van der Waals surface area contributed by atoms with Gasteiger partial charge in [-0.3, -0.25) is 14.6 Å². The number of alkyl halides is 3. The third-order valence-corrected chi connectivity index (χ3v) is 5.32. The number of hydrogen-bond acceptors (Lipinski definition) is 6. The van der Waals surface area contributed by atoms with E-state index >= 15 is 0 Å². The first-order chi connectivity index (χ1) is 15.9. The molecule has 3 aromatic rings. The molecule has 0 fully saturated rings. The fourth-order valence-corrected chi connectivity index (χ4v) is 3.55. The van der Waals surface area contributed by atoms with Crippen molar-refractivity contribution in [2.75, 3.05) is 5.32 Å². The molecule has 2 aromatic heterocycles. The Labute approximate surface area is 193 Å². The van der Waals surface area contributed by atoms with Crippen molar-refractivity contribution >= 4 is 17.5 Å². The predicted octanol–water partition coefficient (Wildman–Crippen LogP) is 4.26. The summed E-state index contributed by atoms with van der Waals surface area (Å²) in [7, 11) is 0. The summed E-state index contributed by atoms with van der Waals surface area (Å²) in [5, 5.41) is 8.73. The van der Waals surface area contributed by atoms with Crippen molar-refractivity contribution in [3.8, 4) is 11.1 Å². The smallest absolute Gasteiger partial charge is 0.345 e. The summed E-state index contributed by atoms with van der Waals surface area (Å²) < 4.78 is 46.7. The second kappa shape index (κ2) is 8.54. The molecule has 1 aromatic carbocycles. The zero-order chi connectivity index (χ0) is 24.7. The van der Waals surface area contributed by atoms with Gasteiger partial charge in [0.1, 0.15) is 0 Å². The molecule has 0 radical (unpaired) electrons. The quantitative estimate of drug-likeness (QED) is 0.586. The summed E-state index contributed by atoms with van der Waals surface area (Å²) in [6.45, 7) is 5.08. The van der Waals surface area contributed by atoms with Crippen molar-refractivity contribution in [2.24, 2.45) is 0 Å². The summed E-state index contributed by atoms with van der Waals surface area (Å²) in [5.74, 6) is -0.976. The van der Waals surface area contributed by atoms with E-state index in [1.165, 1.54) is 18.3 Å². The van der Waals surface area contributed by atoms with E-state index in [2.05, 4.69) is 25.8 Å². The number of hydrogen-bond donors (Lipinski definition) is 2. The number of halogens is 3. The van der Waals surface area contributed by atoms with E-state index < -0.39 is 29.6 Å². The van der Waals surface area contributed by atoms with E-state index in [4.69, 9.17) is 4.52 Å². The number of nitrogens with zero attached hydrogens (tertiary/aromatic N) is 3. The Morgan fingerprint density at radius 1 is 1.18 bits per heavy atom. The number of pyridine rings is 1. The fraction of sp³-hybridized carbons (Fsp3) is 0.348. The summed E-state index contributed by atoms with van der Waals surface area (Å²) in [6, 6.07) is 5.38. The van der Waals surface area contributed by atoms with Gasteiger partial charge in [-0.1, -0.05) is 38.1 Å². The van der Waals surface area contributed by atoms with Crippen LogP contribution in [0.1, 0.15) is 60.5 Å². The van der Waals surface area contributed by atoms with Gasteiger partial charge in [0.25, 0.3) is 11.7 Å². The molecule has 0 spiro atoms. The van der Waals surface area contributed by atoms with Crippen LogP contribution >= 0.6 is 0 Å². The fourth-order valence-electron chi connectivity index (χ4n) is 3.55. The van der Waals surface area contributed by atoms with Crippen molar-refractivity contribution < 1.29 is 27.3 Å². The molecule has 34 heavy (non-hydrogen) atoms. The number of carbonyl (C=O) groups excluding carboxylic acids is 2. The molecule has 3 heterocycles. The van der Waals surface area contributed by atoms with Gasteiger partial charge in [-0.25, -0.2) is 0 Å². The third kappa shape index (κ3) is 4.78. The van der Waals surface area contributed by atoms with Gasteiger partial charge in [-0.2, -0.15) is 18.2 Å². The maximum absolute atomic E-state index is 13.9. The maximum Gasteiger partial charge on any atom is 0.416 e. The topological polar surface area (TPSA) is 110 Å². The summed E-state index contributed by atoms with van der Waals surface area (Å²) >= 11 is 0. The highest BCUT2D eigenvalue weighted by Crippen LogP contribution is 2.38. The number of amides is 2. The van der Waals surface area contributed by atoms with E-state index in [0.29, 0.717) is 23.4 Å². The van der Waals surface area contributed by atoms with Gasteiger partial charge in [0.15, 0.2) is 0 Å². The SMILES string of the molecule is CC(C)(C)c1nc(C(=O)NCc2ccc(-c3ccnc4c3NC(=O)CC4)cc2C(F)(F)F)no1. The van der Waals surface area contributed by atoms with Gasteiger partial charge < -0.3 is 15.2 Å². The van der Waals surface area contributed by atoms with Gasteiger partial charge in [-0.05, 0) is 23.3 Å². The lowest BCUT2D eigenvalue weighted by Gasteiger charge is -2.20. The number of benzene rings is 1. The van der Waals surface area contributed by atoms with Gasteiger partial charge in [-0.15, -0.1) is 0 Å². The van der Waals surface area contributed by atoms with Crippen LogP contribution in [-0.4, -0.2) is 26.9 Å². The Bertz CT molecular complexity index is 1260. The lowest BCUT2D eigenvalue weighted by molar-refractivity contribution is -0.138. The predicted molar refractivity (Wildman–Crippen MR) is 116 cm³/mol. The van der Waals surface area contributed by atoms with Crippen LogP contribution in [0, 0.1) is 0 Å². The Balaban J connectivity index is 1.61. The van der Waals surface area contributed by atoms with Crippen molar-refractivity contribution in [2.45, 2.75) is 51.7 Å². The van der Waals surface area contributed by atoms with Crippen LogP contribution in [-0.2, 0) is 29.4 Å². The van der Waals surface area contributed by atoms with Crippen LogP contribution in [0.4, 0.5) is 18.9 Å². The monoisotopic (exact) mass is 473 g/mol. The molecule has 0 atom stereocenters. The lowest BCUT2D eigenvalue weighted by atomic mass is 9.95. The molecule has 1 aliphatic heterocycles. The van der Waals surface area contributed by atoms with E-state index in [9.17, 15) is 22.8 Å². The zero-order valence-corrected chi connectivity index (χ0v) is 18.7. The average Bonchev–Trinajstić information content (AvgIpc) is 3.27. The maximum atomic E-state index is 13.9. The number of aromatic nitrogens is 3. The number of rotatable bonds is 4. The number of carbonyl (C=O) groups is 2. The van der Waals surface area contributed by atoms with Crippen molar-refractivity contribution in [3.05, 3.63) is 59.0 Å². The molecule has 11 heteroatoms. The first-order valence-corrected chi connectivity index (χ1v) is 10.5. The highest BCUT2D eigenvalue weighted by Gasteiger charge is 2.34. The van der Waals surface area contributed by atoms with Crippen molar-refractivity contribution in [3.63, 3.8) is 0 Å². The second-order valence-corrected chi connectivity index (χ2v) is 8.95. The molecule has 0 aliphatic carbocycles. The van der Waals surface area contributed by atoms with Gasteiger partial charge in [0.2, 0.25) is 11.8 Å². The molecule has 1 aliphatic rings. The van der Waals surface area contributed by atoms with Crippen molar-refractivity contribution in [1.29, 1.82) is 0 Å². The molecule has 0 unspecified atom stereocenters. The number of anilines is 1. The number of fused-ring (bicyclic) bond motifs is 1. The molecule has 8 nitrogen and oxygen atoms in total. The van der Waals surface area contributed by atoms with Crippen LogP contribution in [0.15, 0.2) is 35.0 Å².